The second-order valence-electron chi connectivity index (χ2n) is 7.72. The zero-order valence-corrected chi connectivity index (χ0v) is 18.6. The zero-order chi connectivity index (χ0) is 23.6. The van der Waals surface area contributed by atoms with E-state index in [-0.39, 0.29) is 18.7 Å². The number of ether oxygens (including phenoxy) is 1. The van der Waals surface area contributed by atoms with Crippen LogP contribution in [0.5, 0.6) is 0 Å². The Morgan fingerprint density at radius 1 is 1.21 bits per heavy atom. The van der Waals surface area contributed by atoms with E-state index >= 15 is 0 Å². The standard InChI is InChI=1S/C24H23N5O4/c1-4-33-22(30)20-15-19(18-9-12-29(3)27-18)25-21(26-20)17-7-5-6-16(14-17)8-10-24(32)11-13-28(2)23(24)31/h5-7,9,12,14-15,32H,4,11,13H2,1-3H3. The predicted octanol–water partition coefficient (Wildman–Crippen LogP) is 1.67. The molecule has 0 aliphatic carbocycles. The van der Waals surface area contributed by atoms with Gasteiger partial charge in [-0.2, -0.15) is 5.10 Å². The first-order valence-corrected chi connectivity index (χ1v) is 10.5. The summed E-state index contributed by atoms with van der Waals surface area (Å²) in [5, 5.41) is 14.9. The Bertz CT molecular complexity index is 1290. The van der Waals surface area contributed by atoms with Gasteiger partial charge in [0.2, 0.25) is 5.60 Å². The van der Waals surface area contributed by atoms with Gasteiger partial charge in [0.15, 0.2) is 11.5 Å². The Labute approximate surface area is 191 Å². The van der Waals surface area contributed by atoms with Crippen molar-refractivity contribution < 1.29 is 19.4 Å². The van der Waals surface area contributed by atoms with Gasteiger partial charge in [-0.1, -0.05) is 24.0 Å². The third-order valence-corrected chi connectivity index (χ3v) is 5.23. The Kier molecular flexibility index (Phi) is 5.94. The number of likely N-dealkylation sites (N-methyl/N-ethyl adjacent to an activating group) is 1. The number of carbonyl (C=O) groups is 2. The Hall–Kier alpha value is -4.03. The molecule has 3 heterocycles. The highest BCUT2D eigenvalue weighted by atomic mass is 16.5. The summed E-state index contributed by atoms with van der Waals surface area (Å²) in [5.41, 5.74) is 0.701. The van der Waals surface area contributed by atoms with Crippen molar-refractivity contribution in [3.63, 3.8) is 0 Å². The maximum Gasteiger partial charge on any atom is 0.357 e. The van der Waals surface area contributed by atoms with Gasteiger partial charge in [0.1, 0.15) is 5.69 Å². The van der Waals surface area contributed by atoms with Crippen molar-refractivity contribution in [3.8, 4) is 34.6 Å². The summed E-state index contributed by atoms with van der Waals surface area (Å²) in [6, 6.07) is 10.4. The molecule has 0 bridgehead atoms. The maximum absolute atomic E-state index is 12.4. The first kappa shape index (κ1) is 22.2. The van der Waals surface area contributed by atoms with Crippen LogP contribution in [0.1, 0.15) is 29.4 Å². The van der Waals surface area contributed by atoms with Crippen molar-refractivity contribution in [2.45, 2.75) is 18.9 Å². The Morgan fingerprint density at radius 3 is 2.70 bits per heavy atom. The number of esters is 1. The molecule has 1 aliphatic heterocycles. The molecule has 1 atom stereocenters. The van der Waals surface area contributed by atoms with Gasteiger partial charge in [-0.3, -0.25) is 9.48 Å². The molecule has 0 spiro atoms. The summed E-state index contributed by atoms with van der Waals surface area (Å²) < 4.78 is 6.77. The molecule has 1 fully saturated rings. The van der Waals surface area contributed by atoms with E-state index in [1.807, 2.05) is 0 Å². The SMILES string of the molecule is CCOC(=O)c1cc(-c2ccn(C)n2)nc(-c2cccc(C#CC3(O)CCN(C)C3=O)c2)n1. The number of carbonyl (C=O) groups excluding carboxylic acids is 2. The Morgan fingerprint density at radius 2 is 2.03 bits per heavy atom. The molecule has 3 aromatic rings. The second-order valence-corrected chi connectivity index (χ2v) is 7.72. The molecule has 9 heteroatoms. The third kappa shape index (κ3) is 4.61. The highest BCUT2D eigenvalue weighted by Crippen LogP contribution is 2.24. The lowest BCUT2D eigenvalue weighted by molar-refractivity contribution is -0.137. The van der Waals surface area contributed by atoms with E-state index < -0.39 is 17.5 Å². The van der Waals surface area contributed by atoms with Crippen LogP contribution in [0.25, 0.3) is 22.8 Å². The quantitative estimate of drug-likeness (QED) is 0.480. The molecule has 1 saturated heterocycles. The van der Waals surface area contributed by atoms with Crippen LogP contribution in [0.15, 0.2) is 42.6 Å². The topological polar surface area (TPSA) is 110 Å². The van der Waals surface area contributed by atoms with Crippen molar-refractivity contribution in [2.75, 3.05) is 20.2 Å². The minimum absolute atomic E-state index is 0.118. The molecule has 1 amide bonds. The van der Waals surface area contributed by atoms with Gasteiger partial charge in [-0.05, 0) is 31.2 Å². The predicted molar refractivity (Wildman–Crippen MR) is 120 cm³/mol. The van der Waals surface area contributed by atoms with Gasteiger partial charge in [-0.15, -0.1) is 0 Å². The van der Waals surface area contributed by atoms with Crippen LogP contribution in [-0.2, 0) is 16.6 Å². The monoisotopic (exact) mass is 445 g/mol. The van der Waals surface area contributed by atoms with Gasteiger partial charge in [0.05, 0.1) is 12.3 Å². The lowest BCUT2D eigenvalue weighted by Gasteiger charge is -2.13. The molecule has 9 nitrogen and oxygen atoms in total. The molecule has 1 unspecified atom stereocenters. The van der Waals surface area contributed by atoms with E-state index in [0.717, 1.165) is 0 Å². The molecule has 1 N–H and O–H groups in total. The summed E-state index contributed by atoms with van der Waals surface area (Å²) in [4.78, 5) is 35.0. The first-order chi connectivity index (χ1) is 15.8. The summed E-state index contributed by atoms with van der Waals surface area (Å²) in [6.45, 7) is 2.40. The van der Waals surface area contributed by atoms with Crippen molar-refractivity contribution >= 4 is 11.9 Å². The number of hydrogen-bond donors (Lipinski definition) is 1. The molecule has 2 aromatic heterocycles. The lowest BCUT2D eigenvalue weighted by Crippen LogP contribution is -2.37. The van der Waals surface area contributed by atoms with Gasteiger partial charge in [-0.25, -0.2) is 14.8 Å². The van der Waals surface area contributed by atoms with E-state index in [1.54, 1.807) is 68.3 Å². The molecule has 33 heavy (non-hydrogen) atoms. The smallest absolute Gasteiger partial charge is 0.357 e. The fraction of sp³-hybridized carbons (Fsp3) is 0.292. The number of amides is 1. The summed E-state index contributed by atoms with van der Waals surface area (Å²) in [7, 11) is 3.43. The van der Waals surface area contributed by atoms with E-state index in [0.29, 0.717) is 34.9 Å². The van der Waals surface area contributed by atoms with Gasteiger partial charge < -0.3 is 14.7 Å². The summed E-state index contributed by atoms with van der Waals surface area (Å²) >= 11 is 0. The molecular formula is C24H23N5O4. The summed E-state index contributed by atoms with van der Waals surface area (Å²) in [6.07, 6.45) is 2.04. The fourth-order valence-corrected chi connectivity index (χ4v) is 3.45. The van der Waals surface area contributed by atoms with Gasteiger partial charge in [0, 0.05) is 44.4 Å². The van der Waals surface area contributed by atoms with Crippen molar-refractivity contribution in [2.24, 2.45) is 7.05 Å². The number of rotatable bonds is 4. The molecule has 0 saturated carbocycles. The molecule has 1 aliphatic rings. The molecule has 168 valence electrons. The van der Waals surface area contributed by atoms with Crippen molar-refractivity contribution in [3.05, 3.63) is 53.9 Å². The normalized spacial score (nSPS) is 17.6. The molecule has 4 rings (SSSR count). The average molecular weight is 445 g/mol. The average Bonchev–Trinajstić information content (AvgIpc) is 3.37. The van der Waals surface area contributed by atoms with Crippen molar-refractivity contribution in [1.29, 1.82) is 0 Å². The molecular weight excluding hydrogens is 422 g/mol. The van der Waals surface area contributed by atoms with Crippen molar-refractivity contribution in [1.82, 2.24) is 24.6 Å². The number of aryl methyl sites for hydroxylation is 1. The summed E-state index contributed by atoms with van der Waals surface area (Å²) in [5.74, 6) is 4.94. The van der Waals surface area contributed by atoms with Crippen LogP contribution in [0.2, 0.25) is 0 Å². The second kappa shape index (κ2) is 8.84. The fourth-order valence-electron chi connectivity index (χ4n) is 3.45. The third-order valence-electron chi connectivity index (χ3n) is 5.23. The minimum Gasteiger partial charge on any atom is -0.461 e. The van der Waals surface area contributed by atoms with Crippen LogP contribution in [0.4, 0.5) is 0 Å². The number of hydrogen-bond acceptors (Lipinski definition) is 7. The van der Waals surface area contributed by atoms with Gasteiger partial charge in [0.25, 0.3) is 5.91 Å². The highest BCUT2D eigenvalue weighted by molar-refractivity contribution is 5.90. The minimum atomic E-state index is -1.68. The van der Waals surface area contributed by atoms with E-state index in [2.05, 4.69) is 26.9 Å². The Balaban J connectivity index is 1.73. The number of aliphatic hydroxyl groups is 1. The van der Waals surface area contributed by atoms with Crippen LogP contribution in [0.3, 0.4) is 0 Å². The van der Waals surface area contributed by atoms with Crippen LogP contribution in [0, 0.1) is 11.8 Å². The van der Waals surface area contributed by atoms with E-state index in [1.165, 1.54) is 4.90 Å². The zero-order valence-electron chi connectivity index (χ0n) is 18.6. The highest BCUT2D eigenvalue weighted by Gasteiger charge is 2.42. The number of likely N-dealkylation sites (tertiary alicyclic amines) is 1. The van der Waals surface area contributed by atoms with Crippen LogP contribution >= 0.6 is 0 Å². The van der Waals surface area contributed by atoms with E-state index in [4.69, 9.17) is 4.74 Å². The largest absolute Gasteiger partial charge is 0.461 e. The first-order valence-electron chi connectivity index (χ1n) is 10.5. The van der Waals surface area contributed by atoms with E-state index in [9.17, 15) is 14.7 Å². The maximum atomic E-state index is 12.4. The number of aromatic nitrogens is 4. The molecule has 1 aromatic carbocycles. The van der Waals surface area contributed by atoms with Crippen LogP contribution in [-0.4, -0.2) is 67.4 Å². The van der Waals surface area contributed by atoms with Gasteiger partial charge >= 0.3 is 5.97 Å². The number of nitrogens with zero attached hydrogens (tertiary/aromatic N) is 5. The lowest BCUT2D eigenvalue weighted by atomic mass is 10.0. The van der Waals surface area contributed by atoms with Crippen LogP contribution < -0.4 is 0 Å². The number of benzene rings is 1. The molecule has 0 radical (unpaired) electrons.